The molecule has 1 aliphatic carbocycles. The van der Waals surface area contributed by atoms with Crippen LogP contribution in [0.15, 0.2) is 36.4 Å². The fourth-order valence-corrected chi connectivity index (χ4v) is 3.61. The Bertz CT molecular complexity index is 600. The van der Waals surface area contributed by atoms with Gasteiger partial charge in [0.25, 0.3) is 0 Å². The van der Waals surface area contributed by atoms with E-state index in [1.54, 1.807) is 0 Å². The van der Waals surface area contributed by atoms with Gasteiger partial charge < -0.3 is 5.73 Å². The van der Waals surface area contributed by atoms with Crippen molar-refractivity contribution in [3.05, 3.63) is 42.0 Å². The highest BCUT2D eigenvalue weighted by Gasteiger charge is 2.20. The highest BCUT2D eigenvalue weighted by Crippen LogP contribution is 2.27. The maximum atomic E-state index is 6.29. The first kappa shape index (κ1) is 14.4. The van der Waals surface area contributed by atoms with Gasteiger partial charge in [0.2, 0.25) is 0 Å². The molecule has 0 saturated heterocycles. The summed E-state index contributed by atoms with van der Waals surface area (Å²) in [6, 6.07) is 13.6. The number of nitrogen functional groups attached to an aromatic ring is 1. The van der Waals surface area contributed by atoms with Crippen molar-refractivity contribution < 1.29 is 0 Å². The lowest BCUT2D eigenvalue weighted by atomic mass is 9.93. The predicted octanol–water partition coefficient (Wildman–Crippen LogP) is 4.58. The number of fused-ring (bicyclic) bond motifs is 1. The zero-order chi connectivity index (χ0) is 14.7. The molecule has 0 bridgehead atoms. The van der Waals surface area contributed by atoms with Gasteiger partial charge in [0.1, 0.15) is 0 Å². The number of benzene rings is 2. The molecule has 0 radical (unpaired) electrons. The van der Waals surface area contributed by atoms with Gasteiger partial charge in [0.05, 0.1) is 0 Å². The molecule has 1 aliphatic rings. The van der Waals surface area contributed by atoms with Crippen molar-refractivity contribution in [2.24, 2.45) is 0 Å². The first-order chi connectivity index (χ1) is 10.3. The van der Waals surface area contributed by atoms with Crippen LogP contribution in [0.5, 0.6) is 0 Å². The van der Waals surface area contributed by atoms with Crippen LogP contribution >= 0.6 is 0 Å². The molecule has 2 nitrogen and oxygen atoms in total. The Labute approximate surface area is 127 Å². The summed E-state index contributed by atoms with van der Waals surface area (Å²) in [5, 5.41) is 2.53. The average Bonchev–Trinajstić information content (AvgIpc) is 2.53. The minimum atomic E-state index is 0.745. The molecule has 0 heterocycles. The molecule has 0 unspecified atom stereocenters. The summed E-state index contributed by atoms with van der Waals surface area (Å²) in [4.78, 5) is 2.61. The molecule has 3 rings (SSSR count). The topological polar surface area (TPSA) is 29.3 Å². The zero-order valence-electron chi connectivity index (χ0n) is 13.0. The highest BCUT2D eigenvalue weighted by atomic mass is 15.1. The van der Waals surface area contributed by atoms with E-state index in [0.29, 0.717) is 0 Å². The molecule has 1 fully saturated rings. The summed E-state index contributed by atoms with van der Waals surface area (Å²) in [5.74, 6) is 0. The van der Waals surface area contributed by atoms with Crippen LogP contribution in [0.2, 0.25) is 0 Å². The standard InChI is InChI=1S/C19H26N2/c1-2-21(18-10-4-3-5-11-18)14-17-12-15-8-6-7-9-16(15)13-19(17)20/h6-9,12-13,18H,2-5,10-11,14,20H2,1H3. The van der Waals surface area contributed by atoms with Gasteiger partial charge in [-0.15, -0.1) is 0 Å². The molecule has 2 aromatic rings. The minimum Gasteiger partial charge on any atom is -0.398 e. The van der Waals surface area contributed by atoms with Gasteiger partial charge >= 0.3 is 0 Å². The normalized spacial score (nSPS) is 16.7. The van der Waals surface area contributed by atoms with Crippen molar-refractivity contribution >= 4 is 16.5 Å². The SMILES string of the molecule is CCN(Cc1cc2ccccc2cc1N)C1CCCCC1. The van der Waals surface area contributed by atoms with Crippen LogP contribution in [0.1, 0.15) is 44.6 Å². The molecule has 0 amide bonds. The summed E-state index contributed by atoms with van der Waals surface area (Å²) >= 11 is 0. The van der Waals surface area contributed by atoms with Gasteiger partial charge in [-0.25, -0.2) is 0 Å². The van der Waals surface area contributed by atoms with E-state index in [9.17, 15) is 0 Å². The quantitative estimate of drug-likeness (QED) is 0.832. The van der Waals surface area contributed by atoms with Crippen molar-refractivity contribution in [1.82, 2.24) is 4.90 Å². The van der Waals surface area contributed by atoms with E-state index in [-0.39, 0.29) is 0 Å². The molecule has 0 atom stereocenters. The van der Waals surface area contributed by atoms with Gasteiger partial charge in [0, 0.05) is 18.3 Å². The lowest BCUT2D eigenvalue weighted by molar-refractivity contribution is 0.156. The average molecular weight is 282 g/mol. The molecule has 2 heteroatoms. The molecule has 112 valence electrons. The predicted molar refractivity (Wildman–Crippen MR) is 91.3 cm³/mol. The van der Waals surface area contributed by atoms with Gasteiger partial charge in [-0.3, -0.25) is 4.90 Å². The fourth-order valence-electron chi connectivity index (χ4n) is 3.61. The Balaban J connectivity index is 1.83. The largest absolute Gasteiger partial charge is 0.398 e. The smallest absolute Gasteiger partial charge is 0.0366 e. The lowest BCUT2D eigenvalue weighted by Crippen LogP contribution is -2.36. The Morgan fingerprint density at radius 3 is 2.38 bits per heavy atom. The maximum absolute atomic E-state index is 6.29. The maximum Gasteiger partial charge on any atom is 0.0366 e. The number of hydrogen-bond donors (Lipinski definition) is 1. The van der Waals surface area contributed by atoms with E-state index in [0.717, 1.165) is 24.8 Å². The zero-order valence-corrected chi connectivity index (χ0v) is 13.0. The summed E-state index contributed by atoms with van der Waals surface area (Å²) in [6.45, 7) is 4.36. The molecular formula is C19H26N2. The van der Waals surface area contributed by atoms with Crippen LogP contribution < -0.4 is 5.73 Å². The third-order valence-corrected chi connectivity index (χ3v) is 4.88. The van der Waals surface area contributed by atoms with Crippen LogP contribution in [0.4, 0.5) is 5.69 Å². The number of nitrogens with two attached hydrogens (primary N) is 1. The van der Waals surface area contributed by atoms with E-state index in [4.69, 9.17) is 5.73 Å². The highest BCUT2D eigenvalue weighted by molar-refractivity contribution is 5.86. The van der Waals surface area contributed by atoms with Crippen LogP contribution in [0.3, 0.4) is 0 Å². The van der Waals surface area contributed by atoms with Gasteiger partial charge in [-0.1, -0.05) is 50.5 Å². The van der Waals surface area contributed by atoms with Crippen molar-refractivity contribution in [2.75, 3.05) is 12.3 Å². The molecule has 2 N–H and O–H groups in total. The minimum absolute atomic E-state index is 0.745. The van der Waals surface area contributed by atoms with E-state index in [1.807, 2.05) is 0 Å². The third kappa shape index (κ3) is 3.21. The molecule has 21 heavy (non-hydrogen) atoms. The van der Waals surface area contributed by atoms with Crippen LogP contribution in [-0.2, 0) is 6.54 Å². The second kappa shape index (κ2) is 6.48. The molecule has 0 aromatic heterocycles. The van der Waals surface area contributed by atoms with Crippen LogP contribution in [0.25, 0.3) is 10.8 Å². The van der Waals surface area contributed by atoms with Crippen LogP contribution in [-0.4, -0.2) is 17.5 Å². The van der Waals surface area contributed by atoms with Gasteiger partial charge in [0.15, 0.2) is 0 Å². The monoisotopic (exact) mass is 282 g/mol. The number of hydrogen-bond acceptors (Lipinski definition) is 2. The second-order valence-corrected chi connectivity index (χ2v) is 6.25. The van der Waals surface area contributed by atoms with Crippen molar-refractivity contribution in [1.29, 1.82) is 0 Å². The number of rotatable bonds is 4. The first-order valence-electron chi connectivity index (χ1n) is 8.29. The van der Waals surface area contributed by atoms with Crippen LogP contribution in [0, 0.1) is 0 Å². The van der Waals surface area contributed by atoms with E-state index in [2.05, 4.69) is 48.2 Å². The van der Waals surface area contributed by atoms with Crippen molar-refractivity contribution in [2.45, 2.75) is 51.6 Å². The molecule has 2 aromatic carbocycles. The van der Waals surface area contributed by atoms with Gasteiger partial charge in [-0.2, -0.15) is 0 Å². The number of nitrogens with zero attached hydrogens (tertiary/aromatic N) is 1. The van der Waals surface area contributed by atoms with E-state index < -0.39 is 0 Å². The molecule has 0 aliphatic heterocycles. The molecule has 1 saturated carbocycles. The number of anilines is 1. The summed E-state index contributed by atoms with van der Waals surface area (Å²) in [7, 11) is 0. The summed E-state index contributed by atoms with van der Waals surface area (Å²) in [5.41, 5.74) is 8.50. The second-order valence-electron chi connectivity index (χ2n) is 6.25. The first-order valence-corrected chi connectivity index (χ1v) is 8.29. The Hall–Kier alpha value is -1.54. The Morgan fingerprint density at radius 1 is 1.05 bits per heavy atom. The van der Waals surface area contributed by atoms with Crippen molar-refractivity contribution in [3.8, 4) is 0 Å². The fraction of sp³-hybridized carbons (Fsp3) is 0.474. The van der Waals surface area contributed by atoms with Gasteiger partial charge in [-0.05, 0) is 47.9 Å². The Kier molecular flexibility index (Phi) is 4.45. The molecular weight excluding hydrogens is 256 g/mol. The summed E-state index contributed by atoms with van der Waals surface area (Å²) < 4.78 is 0. The molecule has 0 spiro atoms. The third-order valence-electron chi connectivity index (χ3n) is 4.88. The van der Waals surface area contributed by atoms with E-state index >= 15 is 0 Å². The lowest BCUT2D eigenvalue weighted by Gasteiger charge is -2.33. The summed E-state index contributed by atoms with van der Waals surface area (Å²) in [6.07, 6.45) is 6.87. The van der Waals surface area contributed by atoms with Crippen molar-refractivity contribution in [3.63, 3.8) is 0 Å². The van der Waals surface area contributed by atoms with E-state index in [1.165, 1.54) is 48.4 Å². The Morgan fingerprint density at radius 2 is 1.71 bits per heavy atom.